The standard InChI is InChI=1S/C11H11N3O2/c1-7-5-3-4-6-9(7)14-10(11(15)16)8(2)12-13-14/h3-6H,1-2H3,(H,15,16). The van der Waals surface area contributed by atoms with Gasteiger partial charge in [0.1, 0.15) is 0 Å². The van der Waals surface area contributed by atoms with Crippen LogP contribution in [0.15, 0.2) is 24.3 Å². The number of carboxylic acids is 1. The van der Waals surface area contributed by atoms with Gasteiger partial charge in [-0.05, 0) is 25.5 Å². The van der Waals surface area contributed by atoms with Crippen LogP contribution in [-0.4, -0.2) is 26.1 Å². The molecule has 0 aliphatic carbocycles. The summed E-state index contributed by atoms with van der Waals surface area (Å²) in [5.41, 5.74) is 2.21. The largest absolute Gasteiger partial charge is 0.476 e. The summed E-state index contributed by atoms with van der Waals surface area (Å²) in [5, 5.41) is 16.7. The van der Waals surface area contributed by atoms with Crippen LogP contribution in [0, 0.1) is 13.8 Å². The molecule has 0 saturated heterocycles. The molecule has 0 amide bonds. The molecule has 2 aromatic rings. The van der Waals surface area contributed by atoms with Gasteiger partial charge >= 0.3 is 5.97 Å². The molecule has 0 spiro atoms. The zero-order valence-corrected chi connectivity index (χ0v) is 9.01. The second-order valence-corrected chi connectivity index (χ2v) is 3.53. The van der Waals surface area contributed by atoms with Crippen molar-refractivity contribution in [1.29, 1.82) is 0 Å². The molecular formula is C11H11N3O2. The molecule has 1 aromatic carbocycles. The fourth-order valence-corrected chi connectivity index (χ4v) is 1.57. The molecule has 1 aromatic heterocycles. The zero-order valence-electron chi connectivity index (χ0n) is 9.01. The highest BCUT2D eigenvalue weighted by Crippen LogP contribution is 2.16. The molecule has 0 atom stereocenters. The predicted octanol–water partition coefficient (Wildman–Crippen LogP) is 1.58. The summed E-state index contributed by atoms with van der Waals surface area (Å²) in [6.07, 6.45) is 0. The minimum Gasteiger partial charge on any atom is -0.476 e. The summed E-state index contributed by atoms with van der Waals surface area (Å²) < 4.78 is 1.35. The van der Waals surface area contributed by atoms with Gasteiger partial charge < -0.3 is 5.11 Å². The topological polar surface area (TPSA) is 68.0 Å². The van der Waals surface area contributed by atoms with E-state index in [1.165, 1.54) is 4.68 Å². The molecule has 5 heteroatoms. The molecule has 5 nitrogen and oxygen atoms in total. The van der Waals surface area contributed by atoms with Crippen LogP contribution in [0.5, 0.6) is 0 Å². The van der Waals surface area contributed by atoms with Crippen molar-refractivity contribution in [1.82, 2.24) is 15.0 Å². The lowest BCUT2D eigenvalue weighted by Gasteiger charge is -2.06. The average molecular weight is 217 g/mol. The van der Waals surface area contributed by atoms with E-state index < -0.39 is 5.97 Å². The van der Waals surface area contributed by atoms with Crippen molar-refractivity contribution in [3.63, 3.8) is 0 Å². The second-order valence-electron chi connectivity index (χ2n) is 3.53. The van der Waals surface area contributed by atoms with Gasteiger partial charge in [0.2, 0.25) is 0 Å². The summed E-state index contributed by atoms with van der Waals surface area (Å²) in [7, 11) is 0. The lowest BCUT2D eigenvalue weighted by Crippen LogP contribution is -2.10. The van der Waals surface area contributed by atoms with Crippen molar-refractivity contribution in [2.24, 2.45) is 0 Å². The lowest BCUT2D eigenvalue weighted by atomic mass is 10.2. The van der Waals surface area contributed by atoms with Crippen LogP contribution in [0.1, 0.15) is 21.7 Å². The van der Waals surface area contributed by atoms with Gasteiger partial charge in [0.05, 0.1) is 11.4 Å². The number of benzene rings is 1. The number of rotatable bonds is 2. The summed E-state index contributed by atoms with van der Waals surface area (Å²) >= 11 is 0. The summed E-state index contributed by atoms with van der Waals surface area (Å²) in [4.78, 5) is 11.1. The van der Waals surface area contributed by atoms with Gasteiger partial charge in [-0.1, -0.05) is 23.4 Å². The highest BCUT2D eigenvalue weighted by atomic mass is 16.4. The van der Waals surface area contributed by atoms with Crippen LogP contribution >= 0.6 is 0 Å². The highest BCUT2D eigenvalue weighted by molar-refractivity contribution is 5.87. The van der Waals surface area contributed by atoms with Crippen LogP contribution in [0.4, 0.5) is 0 Å². The minimum absolute atomic E-state index is 0.106. The van der Waals surface area contributed by atoms with E-state index in [9.17, 15) is 4.79 Å². The smallest absolute Gasteiger partial charge is 0.356 e. The Morgan fingerprint density at radius 2 is 2.00 bits per heavy atom. The van der Waals surface area contributed by atoms with E-state index in [4.69, 9.17) is 5.11 Å². The van der Waals surface area contributed by atoms with E-state index in [2.05, 4.69) is 10.3 Å². The number of hydrogen-bond donors (Lipinski definition) is 1. The molecule has 82 valence electrons. The first-order valence-electron chi connectivity index (χ1n) is 4.83. The fourth-order valence-electron chi connectivity index (χ4n) is 1.57. The molecule has 0 unspecified atom stereocenters. The van der Waals surface area contributed by atoms with Gasteiger partial charge in [0.25, 0.3) is 0 Å². The lowest BCUT2D eigenvalue weighted by molar-refractivity contribution is 0.0686. The molecule has 0 aliphatic heterocycles. The van der Waals surface area contributed by atoms with E-state index in [0.717, 1.165) is 11.3 Å². The van der Waals surface area contributed by atoms with Gasteiger partial charge in [-0.25, -0.2) is 9.48 Å². The first kappa shape index (κ1) is 10.4. The Kier molecular flexibility index (Phi) is 2.44. The number of carbonyl (C=O) groups is 1. The SMILES string of the molecule is Cc1ccccc1-n1nnc(C)c1C(=O)O. The molecule has 1 N–H and O–H groups in total. The first-order chi connectivity index (χ1) is 7.61. The number of para-hydroxylation sites is 1. The third kappa shape index (κ3) is 1.56. The molecule has 0 radical (unpaired) electrons. The number of nitrogens with zero attached hydrogens (tertiary/aromatic N) is 3. The molecule has 2 rings (SSSR count). The van der Waals surface area contributed by atoms with Crippen molar-refractivity contribution < 1.29 is 9.90 Å². The van der Waals surface area contributed by atoms with Gasteiger partial charge in [-0.3, -0.25) is 0 Å². The molecule has 1 heterocycles. The molecule has 0 saturated carbocycles. The first-order valence-corrected chi connectivity index (χ1v) is 4.83. The molecular weight excluding hydrogens is 206 g/mol. The van der Waals surface area contributed by atoms with Gasteiger partial charge in [-0.2, -0.15) is 0 Å². The third-order valence-electron chi connectivity index (χ3n) is 2.38. The van der Waals surface area contributed by atoms with E-state index in [-0.39, 0.29) is 5.69 Å². The van der Waals surface area contributed by atoms with Crippen molar-refractivity contribution in [2.75, 3.05) is 0 Å². The molecule has 0 aliphatic rings. The monoisotopic (exact) mass is 217 g/mol. The molecule has 16 heavy (non-hydrogen) atoms. The Labute approximate surface area is 92.3 Å². The van der Waals surface area contributed by atoms with Crippen LogP contribution in [0.25, 0.3) is 5.69 Å². The number of hydrogen-bond acceptors (Lipinski definition) is 3. The van der Waals surface area contributed by atoms with Crippen LogP contribution in [-0.2, 0) is 0 Å². The van der Waals surface area contributed by atoms with E-state index in [1.807, 2.05) is 31.2 Å². The fraction of sp³-hybridized carbons (Fsp3) is 0.182. The Balaban J connectivity index is 2.66. The Morgan fingerprint density at radius 3 is 2.62 bits per heavy atom. The van der Waals surface area contributed by atoms with Crippen LogP contribution in [0.2, 0.25) is 0 Å². The summed E-state index contributed by atoms with van der Waals surface area (Å²) in [5.74, 6) is -1.02. The quantitative estimate of drug-likeness (QED) is 0.829. The van der Waals surface area contributed by atoms with Crippen molar-refractivity contribution in [3.8, 4) is 5.69 Å². The summed E-state index contributed by atoms with van der Waals surface area (Å²) in [6.45, 7) is 3.53. The minimum atomic E-state index is -1.02. The molecule has 0 fully saturated rings. The third-order valence-corrected chi connectivity index (χ3v) is 2.38. The predicted molar refractivity (Wildman–Crippen MR) is 57.8 cm³/mol. The van der Waals surface area contributed by atoms with E-state index in [1.54, 1.807) is 6.92 Å². The van der Waals surface area contributed by atoms with Gasteiger partial charge in [0.15, 0.2) is 5.69 Å². The van der Waals surface area contributed by atoms with Crippen LogP contribution < -0.4 is 0 Å². The number of aromatic carboxylic acids is 1. The van der Waals surface area contributed by atoms with Crippen molar-refractivity contribution in [3.05, 3.63) is 41.2 Å². The maximum Gasteiger partial charge on any atom is 0.356 e. The maximum atomic E-state index is 11.1. The van der Waals surface area contributed by atoms with Crippen molar-refractivity contribution >= 4 is 5.97 Å². The maximum absolute atomic E-state index is 11.1. The highest BCUT2D eigenvalue weighted by Gasteiger charge is 2.18. The number of aromatic nitrogens is 3. The Bertz CT molecular complexity index is 546. The van der Waals surface area contributed by atoms with Crippen molar-refractivity contribution in [2.45, 2.75) is 13.8 Å². The second kappa shape index (κ2) is 3.77. The Morgan fingerprint density at radius 1 is 1.31 bits per heavy atom. The zero-order chi connectivity index (χ0) is 11.7. The van der Waals surface area contributed by atoms with Gasteiger partial charge in [-0.15, -0.1) is 5.10 Å². The number of aryl methyl sites for hydroxylation is 2. The van der Waals surface area contributed by atoms with E-state index >= 15 is 0 Å². The normalized spacial score (nSPS) is 10.4. The van der Waals surface area contributed by atoms with E-state index in [0.29, 0.717) is 5.69 Å². The number of carboxylic acid groups (broad SMARTS) is 1. The van der Waals surface area contributed by atoms with Gasteiger partial charge in [0, 0.05) is 0 Å². The molecule has 0 bridgehead atoms. The Hall–Kier alpha value is -2.17. The van der Waals surface area contributed by atoms with Crippen LogP contribution in [0.3, 0.4) is 0 Å². The average Bonchev–Trinajstić information content (AvgIpc) is 2.61. The summed E-state index contributed by atoms with van der Waals surface area (Å²) in [6, 6.07) is 7.45.